The van der Waals surface area contributed by atoms with Crippen LogP contribution in [0.1, 0.15) is 45.5 Å². The van der Waals surface area contributed by atoms with Crippen LogP contribution >= 0.6 is 11.3 Å². The predicted octanol–water partition coefficient (Wildman–Crippen LogP) is 2.44. The van der Waals surface area contributed by atoms with E-state index in [0.29, 0.717) is 11.0 Å². The normalized spacial score (nSPS) is 29.1. The van der Waals surface area contributed by atoms with Crippen LogP contribution in [0.3, 0.4) is 0 Å². The lowest BCUT2D eigenvalue weighted by Crippen LogP contribution is -2.50. The molecule has 0 aliphatic heterocycles. The Hall–Kier alpha value is -1.01. The molecule has 6 heteroatoms. The van der Waals surface area contributed by atoms with Crippen molar-refractivity contribution in [1.29, 1.82) is 0 Å². The van der Waals surface area contributed by atoms with Gasteiger partial charge in [-0.15, -0.1) is 10.2 Å². The van der Waals surface area contributed by atoms with Crippen molar-refractivity contribution in [3.63, 3.8) is 0 Å². The van der Waals surface area contributed by atoms with Crippen molar-refractivity contribution in [3.8, 4) is 0 Å². The molecule has 1 aliphatic carbocycles. The zero-order valence-electron chi connectivity index (χ0n) is 12.6. The number of aryl methyl sites for hydroxylation is 1. The highest BCUT2D eigenvalue weighted by atomic mass is 32.1. The van der Waals surface area contributed by atoms with E-state index in [1.54, 1.807) is 0 Å². The fraction of sp³-hybridized carbons (Fsp3) is 0.786. The maximum atomic E-state index is 12.5. The van der Waals surface area contributed by atoms with E-state index in [4.69, 9.17) is 5.73 Å². The van der Waals surface area contributed by atoms with E-state index < -0.39 is 0 Å². The third kappa shape index (κ3) is 2.86. The van der Waals surface area contributed by atoms with Crippen molar-refractivity contribution in [2.75, 3.05) is 5.32 Å². The number of hydrogen-bond acceptors (Lipinski definition) is 5. The first kappa shape index (κ1) is 15.4. The summed E-state index contributed by atoms with van der Waals surface area (Å²) >= 11 is 1.45. The number of nitrogens with one attached hydrogen (secondary N) is 1. The number of carbonyl (C=O) groups is 1. The number of amides is 1. The molecule has 0 spiro atoms. The topological polar surface area (TPSA) is 80.9 Å². The molecule has 0 bridgehead atoms. The smallest absolute Gasteiger partial charge is 0.229 e. The van der Waals surface area contributed by atoms with Gasteiger partial charge in [0.1, 0.15) is 5.01 Å². The second-order valence-corrected chi connectivity index (χ2v) is 7.31. The van der Waals surface area contributed by atoms with Crippen molar-refractivity contribution in [3.05, 3.63) is 5.01 Å². The van der Waals surface area contributed by atoms with E-state index in [0.717, 1.165) is 24.3 Å². The minimum atomic E-state index is -0.0972. The van der Waals surface area contributed by atoms with Crippen LogP contribution in [0.15, 0.2) is 0 Å². The largest absolute Gasteiger partial charge is 0.327 e. The molecule has 1 aromatic rings. The second kappa shape index (κ2) is 5.77. The van der Waals surface area contributed by atoms with Crippen molar-refractivity contribution < 1.29 is 4.79 Å². The Labute approximate surface area is 124 Å². The van der Waals surface area contributed by atoms with Crippen LogP contribution < -0.4 is 11.1 Å². The van der Waals surface area contributed by atoms with Gasteiger partial charge in [-0.25, -0.2) is 0 Å². The van der Waals surface area contributed by atoms with E-state index in [2.05, 4.69) is 36.3 Å². The minimum absolute atomic E-state index is 0.0220. The van der Waals surface area contributed by atoms with E-state index in [1.165, 1.54) is 11.3 Å². The minimum Gasteiger partial charge on any atom is -0.327 e. The molecule has 3 atom stereocenters. The Morgan fingerprint density at radius 1 is 1.45 bits per heavy atom. The molecular formula is C14H24N4OS. The molecule has 3 unspecified atom stereocenters. The van der Waals surface area contributed by atoms with Crippen LogP contribution in [0.25, 0.3) is 0 Å². The predicted molar refractivity (Wildman–Crippen MR) is 81.6 cm³/mol. The van der Waals surface area contributed by atoms with Gasteiger partial charge in [-0.1, -0.05) is 39.0 Å². The Bertz CT molecular complexity index is 485. The molecule has 5 nitrogen and oxygen atoms in total. The van der Waals surface area contributed by atoms with Gasteiger partial charge in [0.25, 0.3) is 0 Å². The van der Waals surface area contributed by atoms with Gasteiger partial charge in [0.15, 0.2) is 0 Å². The van der Waals surface area contributed by atoms with Crippen molar-refractivity contribution in [2.24, 2.45) is 23.0 Å². The first-order valence-electron chi connectivity index (χ1n) is 7.25. The van der Waals surface area contributed by atoms with Crippen LogP contribution in [-0.2, 0) is 11.2 Å². The number of aromatic nitrogens is 2. The summed E-state index contributed by atoms with van der Waals surface area (Å²) in [7, 11) is 0. The lowest BCUT2D eigenvalue weighted by atomic mass is 9.61. The number of anilines is 1. The zero-order chi connectivity index (χ0) is 14.9. The maximum absolute atomic E-state index is 12.5. The quantitative estimate of drug-likeness (QED) is 0.897. The molecular weight excluding hydrogens is 272 g/mol. The summed E-state index contributed by atoms with van der Waals surface area (Å²) in [4.78, 5) is 12.5. The fourth-order valence-corrected chi connectivity index (χ4v) is 3.64. The van der Waals surface area contributed by atoms with Crippen LogP contribution in [0.5, 0.6) is 0 Å². The number of carbonyl (C=O) groups excluding carboxylic acids is 1. The Morgan fingerprint density at radius 3 is 2.75 bits per heavy atom. The van der Waals surface area contributed by atoms with E-state index in [1.807, 2.05) is 6.92 Å². The maximum Gasteiger partial charge on any atom is 0.229 e. The summed E-state index contributed by atoms with van der Waals surface area (Å²) in [5.41, 5.74) is 6.04. The first-order valence-corrected chi connectivity index (χ1v) is 8.06. The molecule has 1 amide bonds. The molecule has 1 aliphatic rings. The average molecular weight is 296 g/mol. The third-order valence-electron chi connectivity index (χ3n) is 4.82. The van der Waals surface area contributed by atoms with Crippen molar-refractivity contribution in [2.45, 2.75) is 53.0 Å². The monoisotopic (exact) mass is 296 g/mol. The Morgan fingerprint density at radius 2 is 2.15 bits per heavy atom. The molecule has 0 saturated heterocycles. The first-order chi connectivity index (χ1) is 9.36. The van der Waals surface area contributed by atoms with E-state index in [9.17, 15) is 4.79 Å². The van der Waals surface area contributed by atoms with Gasteiger partial charge in [0, 0.05) is 12.0 Å². The molecule has 1 fully saturated rings. The number of rotatable bonds is 3. The molecule has 1 saturated carbocycles. The van der Waals surface area contributed by atoms with Crippen LogP contribution in [-0.4, -0.2) is 22.1 Å². The highest BCUT2D eigenvalue weighted by Crippen LogP contribution is 2.44. The summed E-state index contributed by atoms with van der Waals surface area (Å²) in [5, 5.41) is 12.5. The van der Waals surface area contributed by atoms with Gasteiger partial charge in [0.2, 0.25) is 11.0 Å². The lowest BCUT2D eigenvalue weighted by molar-refractivity contribution is -0.127. The fourth-order valence-electron chi connectivity index (χ4n) is 2.96. The molecule has 2 rings (SSSR count). The molecule has 112 valence electrons. The van der Waals surface area contributed by atoms with Crippen LogP contribution in [0.2, 0.25) is 0 Å². The standard InChI is InChI=1S/C14H24N4OS/c1-5-11-17-18-13(20-11)16-12(19)9-6-7-10(15)8(2)14(9,3)4/h8-10H,5-7,15H2,1-4H3,(H,16,18,19). The number of nitrogens with two attached hydrogens (primary N) is 1. The summed E-state index contributed by atoms with van der Waals surface area (Å²) in [6.45, 7) is 8.45. The molecule has 0 radical (unpaired) electrons. The summed E-state index contributed by atoms with van der Waals surface area (Å²) in [6, 6.07) is 0.183. The zero-order valence-corrected chi connectivity index (χ0v) is 13.5. The van der Waals surface area contributed by atoms with E-state index in [-0.39, 0.29) is 23.3 Å². The van der Waals surface area contributed by atoms with Gasteiger partial charge >= 0.3 is 0 Å². The van der Waals surface area contributed by atoms with Gasteiger partial charge < -0.3 is 11.1 Å². The molecule has 3 N–H and O–H groups in total. The average Bonchev–Trinajstić information content (AvgIpc) is 2.83. The summed E-state index contributed by atoms with van der Waals surface area (Å²) in [5.74, 6) is 0.353. The van der Waals surface area contributed by atoms with Crippen LogP contribution in [0.4, 0.5) is 5.13 Å². The Kier molecular flexibility index (Phi) is 4.44. The van der Waals surface area contributed by atoms with Crippen LogP contribution in [0, 0.1) is 17.3 Å². The SMILES string of the molecule is CCc1nnc(NC(=O)C2CCC(N)C(C)C2(C)C)s1. The molecule has 1 heterocycles. The summed E-state index contributed by atoms with van der Waals surface area (Å²) < 4.78 is 0. The van der Waals surface area contributed by atoms with Gasteiger partial charge in [-0.2, -0.15) is 0 Å². The lowest BCUT2D eigenvalue weighted by Gasteiger charge is -2.45. The van der Waals surface area contributed by atoms with Gasteiger partial charge in [0.05, 0.1) is 0 Å². The van der Waals surface area contributed by atoms with E-state index >= 15 is 0 Å². The summed E-state index contributed by atoms with van der Waals surface area (Å²) in [6.07, 6.45) is 2.58. The molecule has 1 aromatic heterocycles. The Balaban J connectivity index is 2.08. The van der Waals surface area contributed by atoms with Gasteiger partial charge in [-0.05, 0) is 30.6 Å². The van der Waals surface area contributed by atoms with Gasteiger partial charge in [-0.3, -0.25) is 4.79 Å². The highest BCUT2D eigenvalue weighted by molar-refractivity contribution is 7.15. The van der Waals surface area contributed by atoms with Crippen molar-refractivity contribution in [1.82, 2.24) is 10.2 Å². The number of hydrogen-bond donors (Lipinski definition) is 2. The molecule has 0 aromatic carbocycles. The highest BCUT2D eigenvalue weighted by Gasteiger charge is 2.45. The third-order valence-corrected chi connectivity index (χ3v) is 5.80. The second-order valence-electron chi connectivity index (χ2n) is 6.25. The number of nitrogens with zero attached hydrogens (tertiary/aromatic N) is 2. The van der Waals surface area contributed by atoms with Crippen molar-refractivity contribution >= 4 is 22.4 Å². The molecule has 20 heavy (non-hydrogen) atoms.